The van der Waals surface area contributed by atoms with E-state index >= 15 is 0 Å². The highest BCUT2D eigenvalue weighted by molar-refractivity contribution is 8.00. The molecule has 7 heteroatoms. The lowest BCUT2D eigenvalue weighted by Crippen LogP contribution is -2.32. The molecule has 1 N–H and O–H groups in total. The molecule has 0 aliphatic rings. The van der Waals surface area contributed by atoms with Gasteiger partial charge >= 0.3 is 0 Å². The third kappa shape index (κ3) is 4.95. The SMILES string of the molecule is Cc1ccc(-n2nnnc2SC(C)C(=O)NCCc2ccccc2)c(C)c1. The number of aromatic nitrogens is 4. The number of hydrogen-bond acceptors (Lipinski definition) is 5. The number of nitrogens with zero attached hydrogens (tertiary/aromatic N) is 4. The van der Waals surface area contributed by atoms with Crippen molar-refractivity contribution in [3.63, 3.8) is 0 Å². The fraction of sp³-hybridized carbons (Fsp3) is 0.300. The molecule has 1 heterocycles. The smallest absolute Gasteiger partial charge is 0.233 e. The lowest BCUT2D eigenvalue weighted by Gasteiger charge is -2.12. The van der Waals surface area contributed by atoms with Gasteiger partial charge in [-0.05, 0) is 54.8 Å². The van der Waals surface area contributed by atoms with Gasteiger partial charge in [0.25, 0.3) is 0 Å². The molecule has 1 atom stereocenters. The van der Waals surface area contributed by atoms with Crippen molar-refractivity contribution in [1.29, 1.82) is 0 Å². The zero-order valence-corrected chi connectivity index (χ0v) is 16.5. The van der Waals surface area contributed by atoms with E-state index in [2.05, 4.69) is 39.0 Å². The Hall–Kier alpha value is -2.67. The number of amides is 1. The quantitative estimate of drug-likeness (QED) is 0.637. The normalized spacial score (nSPS) is 12.0. The van der Waals surface area contributed by atoms with E-state index in [9.17, 15) is 4.79 Å². The molecule has 27 heavy (non-hydrogen) atoms. The first kappa shape index (κ1) is 19.1. The van der Waals surface area contributed by atoms with E-state index in [1.54, 1.807) is 4.68 Å². The molecule has 1 aromatic heterocycles. The molecule has 0 aliphatic heterocycles. The Morgan fingerprint density at radius 3 is 2.70 bits per heavy atom. The van der Waals surface area contributed by atoms with Gasteiger partial charge in [-0.3, -0.25) is 4.79 Å². The summed E-state index contributed by atoms with van der Waals surface area (Å²) >= 11 is 1.35. The van der Waals surface area contributed by atoms with Gasteiger partial charge in [0.1, 0.15) is 0 Å². The van der Waals surface area contributed by atoms with Crippen LogP contribution in [0, 0.1) is 13.8 Å². The average Bonchev–Trinajstić information content (AvgIpc) is 3.10. The monoisotopic (exact) mass is 381 g/mol. The van der Waals surface area contributed by atoms with E-state index in [1.807, 2.05) is 51.1 Å². The maximum atomic E-state index is 12.4. The van der Waals surface area contributed by atoms with Gasteiger partial charge in [-0.15, -0.1) is 5.10 Å². The van der Waals surface area contributed by atoms with E-state index in [4.69, 9.17) is 0 Å². The van der Waals surface area contributed by atoms with Gasteiger partial charge in [-0.1, -0.05) is 59.8 Å². The molecule has 0 saturated carbocycles. The predicted octanol–water partition coefficient (Wildman–Crippen LogP) is 3.12. The van der Waals surface area contributed by atoms with Crippen molar-refractivity contribution in [3.05, 3.63) is 65.2 Å². The molecule has 1 unspecified atom stereocenters. The molecule has 0 bridgehead atoms. The maximum Gasteiger partial charge on any atom is 0.233 e. The fourth-order valence-corrected chi connectivity index (χ4v) is 3.60. The van der Waals surface area contributed by atoms with Crippen molar-refractivity contribution in [3.8, 4) is 5.69 Å². The molecule has 2 aromatic carbocycles. The highest BCUT2D eigenvalue weighted by Crippen LogP contribution is 2.24. The zero-order valence-electron chi connectivity index (χ0n) is 15.7. The summed E-state index contributed by atoms with van der Waals surface area (Å²) in [4.78, 5) is 12.4. The highest BCUT2D eigenvalue weighted by atomic mass is 32.2. The Kier molecular flexibility index (Phi) is 6.24. The van der Waals surface area contributed by atoms with E-state index in [0.29, 0.717) is 11.7 Å². The van der Waals surface area contributed by atoms with Gasteiger partial charge in [0.05, 0.1) is 10.9 Å². The minimum absolute atomic E-state index is 0.0221. The Balaban J connectivity index is 1.60. The van der Waals surface area contributed by atoms with Crippen LogP contribution in [0.2, 0.25) is 0 Å². The van der Waals surface area contributed by atoms with Crippen molar-refractivity contribution in [2.45, 2.75) is 37.6 Å². The Bertz CT molecular complexity index is 910. The number of aryl methyl sites for hydroxylation is 2. The summed E-state index contributed by atoms with van der Waals surface area (Å²) in [7, 11) is 0. The van der Waals surface area contributed by atoms with Crippen LogP contribution in [0.1, 0.15) is 23.6 Å². The second-order valence-electron chi connectivity index (χ2n) is 6.45. The molecule has 0 radical (unpaired) electrons. The molecule has 0 aliphatic carbocycles. The first-order chi connectivity index (χ1) is 13.0. The first-order valence-corrected chi connectivity index (χ1v) is 9.77. The molecule has 3 aromatic rings. The molecular formula is C20H23N5OS. The summed E-state index contributed by atoms with van der Waals surface area (Å²) in [6.07, 6.45) is 0.810. The van der Waals surface area contributed by atoms with Crippen molar-refractivity contribution in [1.82, 2.24) is 25.5 Å². The molecule has 0 fully saturated rings. The van der Waals surface area contributed by atoms with Crippen molar-refractivity contribution in [2.24, 2.45) is 0 Å². The Morgan fingerprint density at radius 1 is 1.19 bits per heavy atom. The molecule has 1 amide bonds. The van der Waals surface area contributed by atoms with Crippen LogP contribution in [0.25, 0.3) is 5.69 Å². The van der Waals surface area contributed by atoms with Crippen LogP contribution in [0.4, 0.5) is 0 Å². The van der Waals surface area contributed by atoms with Crippen LogP contribution in [0.15, 0.2) is 53.7 Å². The summed E-state index contributed by atoms with van der Waals surface area (Å²) < 4.78 is 1.69. The fourth-order valence-electron chi connectivity index (χ4n) is 2.78. The van der Waals surface area contributed by atoms with Gasteiger partial charge in [0.2, 0.25) is 11.1 Å². The summed E-state index contributed by atoms with van der Waals surface area (Å²) in [6.45, 7) is 6.55. The first-order valence-electron chi connectivity index (χ1n) is 8.89. The van der Waals surface area contributed by atoms with Crippen molar-refractivity contribution >= 4 is 17.7 Å². The van der Waals surface area contributed by atoms with Crippen LogP contribution < -0.4 is 5.32 Å². The summed E-state index contributed by atoms with van der Waals surface area (Å²) in [5.41, 5.74) is 4.40. The van der Waals surface area contributed by atoms with Crippen LogP contribution in [0.5, 0.6) is 0 Å². The number of thioether (sulfide) groups is 1. The third-order valence-electron chi connectivity index (χ3n) is 4.23. The number of tetrazole rings is 1. The topological polar surface area (TPSA) is 72.7 Å². The Morgan fingerprint density at radius 2 is 1.96 bits per heavy atom. The highest BCUT2D eigenvalue weighted by Gasteiger charge is 2.19. The summed E-state index contributed by atoms with van der Waals surface area (Å²) in [5, 5.41) is 15.3. The molecule has 140 valence electrons. The number of carbonyl (C=O) groups excluding carboxylic acids is 1. The lowest BCUT2D eigenvalue weighted by atomic mass is 10.1. The largest absolute Gasteiger partial charge is 0.355 e. The number of carbonyl (C=O) groups is 1. The zero-order chi connectivity index (χ0) is 19.2. The summed E-state index contributed by atoms with van der Waals surface area (Å²) in [6, 6.07) is 16.2. The van der Waals surface area contributed by atoms with Crippen LogP contribution in [-0.4, -0.2) is 37.9 Å². The van der Waals surface area contributed by atoms with Crippen molar-refractivity contribution < 1.29 is 4.79 Å². The standard InChI is InChI=1S/C20H23N5OS/c1-14-9-10-18(15(2)13-14)25-20(22-23-24-25)27-16(3)19(26)21-12-11-17-7-5-4-6-8-17/h4-10,13,16H,11-12H2,1-3H3,(H,21,26). The van der Waals surface area contributed by atoms with Gasteiger partial charge in [-0.2, -0.15) is 4.68 Å². The number of benzene rings is 2. The van der Waals surface area contributed by atoms with E-state index in [0.717, 1.165) is 17.7 Å². The minimum Gasteiger partial charge on any atom is -0.355 e. The second-order valence-corrected chi connectivity index (χ2v) is 7.76. The Labute approximate surface area is 163 Å². The van der Waals surface area contributed by atoms with Gasteiger partial charge < -0.3 is 5.32 Å². The van der Waals surface area contributed by atoms with Crippen molar-refractivity contribution in [2.75, 3.05) is 6.54 Å². The van der Waals surface area contributed by atoms with E-state index < -0.39 is 0 Å². The second kappa shape index (κ2) is 8.81. The van der Waals surface area contributed by atoms with Crippen LogP contribution >= 0.6 is 11.8 Å². The molecule has 6 nitrogen and oxygen atoms in total. The van der Waals surface area contributed by atoms with Crippen LogP contribution in [0.3, 0.4) is 0 Å². The lowest BCUT2D eigenvalue weighted by molar-refractivity contribution is -0.120. The third-order valence-corrected chi connectivity index (χ3v) is 5.26. The molecule has 0 saturated heterocycles. The molecule has 0 spiro atoms. The predicted molar refractivity (Wildman–Crippen MR) is 107 cm³/mol. The van der Waals surface area contributed by atoms with Gasteiger partial charge in [-0.25, -0.2) is 0 Å². The van der Waals surface area contributed by atoms with Gasteiger partial charge in [0.15, 0.2) is 0 Å². The minimum atomic E-state index is -0.295. The number of hydrogen-bond donors (Lipinski definition) is 1. The molecule has 3 rings (SSSR count). The van der Waals surface area contributed by atoms with E-state index in [1.165, 1.54) is 22.9 Å². The maximum absolute atomic E-state index is 12.4. The van der Waals surface area contributed by atoms with Gasteiger partial charge in [0, 0.05) is 6.54 Å². The number of nitrogens with one attached hydrogen (secondary N) is 1. The number of rotatable bonds is 7. The summed E-state index contributed by atoms with van der Waals surface area (Å²) in [5.74, 6) is -0.0221. The van der Waals surface area contributed by atoms with E-state index in [-0.39, 0.29) is 11.2 Å². The molecular weight excluding hydrogens is 358 g/mol. The van der Waals surface area contributed by atoms with Crippen LogP contribution in [-0.2, 0) is 11.2 Å². The average molecular weight is 382 g/mol.